The second-order valence-corrected chi connectivity index (χ2v) is 8.79. The average Bonchev–Trinajstić information content (AvgIpc) is 3.19. The van der Waals surface area contributed by atoms with E-state index in [4.69, 9.17) is 5.73 Å². The molecule has 0 aliphatic carbocycles. The molecular formula is C25H33N3OS. The number of carbonyl (C=O) groups excluding carboxylic acids is 1. The molecule has 1 atom stereocenters. The van der Waals surface area contributed by atoms with E-state index in [1.54, 1.807) is 0 Å². The third-order valence-electron chi connectivity index (χ3n) is 5.83. The van der Waals surface area contributed by atoms with Gasteiger partial charge in [-0.25, -0.2) is 0 Å². The van der Waals surface area contributed by atoms with Crippen LogP contribution < -0.4 is 11.1 Å². The molecule has 30 heavy (non-hydrogen) atoms. The highest BCUT2D eigenvalue weighted by Gasteiger charge is 2.21. The Kier molecular flexibility index (Phi) is 8.26. The molecule has 2 heterocycles. The average molecular weight is 424 g/mol. The summed E-state index contributed by atoms with van der Waals surface area (Å²) in [6.45, 7) is 5.12. The molecule has 0 saturated heterocycles. The van der Waals surface area contributed by atoms with Crippen LogP contribution >= 0.6 is 11.3 Å². The normalized spacial score (nSPS) is 12.2. The summed E-state index contributed by atoms with van der Waals surface area (Å²) in [4.78, 5) is 17.2. The number of primary amides is 1. The zero-order valence-electron chi connectivity index (χ0n) is 18.1. The van der Waals surface area contributed by atoms with Crippen molar-refractivity contribution < 1.29 is 4.79 Å². The Morgan fingerprint density at radius 2 is 1.93 bits per heavy atom. The highest BCUT2D eigenvalue weighted by molar-refractivity contribution is 7.12. The van der Waals surface area contributed by atoms with Crippen LogP contribution in [0.1, 0.15) is 85.5 Å². The lowest BCUT2D eigenvalue weighted by Gasteiger charge is -2.18. The molecule has 5 heteroatoms. The Balaban J connectivity index is 1.79. The summed E-state index contributed by atoms with van der Waals surface area (Å²) in [7, 11) is 0. The molecular weight excluding hydrogens is 390 g/mol. The number of nitrogens with two attached hydrogens (primary N) is 1. The SMILES string of the molecule is CCCCCCCC(CC)c1csc(C(N)=O)c1NCc1ccnc2ccccc12. The van der Waals surface area contributed by atoms with Gasteiger partial charge in [-0.1, -0.05) is 64.2 Å². The van der Waals surface area contributed by atoms with Crippen LogP contribution in [0.5, 0.6) is 0 Å². The summed E-state index contributed by atoms with van der Waals surface area (Å²) >= 11 is 1.46. The smallest absolute Gasteiger partial charge is 0.260 e. The third-order valence-corrected chi connectivity index (χ3v) is 6.84. The summed E-state index contributed by atoms with van der Waals surface area (Å²) in [5.41, 5.74) is 10.0. The second-order valence-electron chi connectivity index (χ2n) is 7.91. The Hall–Kier alpha value is -2.40. The van der Waals surface area contributed by atoms with Gasteiger partial charge < -0.3 is 11.1 Å². The first-order chi connectivity index (χ1) is 14.7. The third kappa shape index (κ3) is 5.39. The van der Waals surface area contributed by atoms with E-state index in [1.165, 1.54) is 54.6 Å². The van der Waals surface area contributed by atoms with Crippen molar-refractivity contribution in [1.82, 2.24) is 4.98 Å². The van der Waals surface area contributed by atoms with Crippen molar-refractivity contribution in [3.63, 3.8) is 0 Å². The number of pyridine rings is 1. The number of thiophene rings is 1. The van der Waals surface area contributed by atoms with Gasteiger partial charge in [0, 0.05) is 18.1 Å². The van der Waals surface area contributed by atoms with Gasteiger partial charge in [0.05, 0.1) is 11.2 Å². The van der Waals surface area contributed by atoms with Crippen molar-refractivity contribution in [3.05, 3.63) is 57.9 Å². The van der Waals surface area contributed by atoms with Crippen LogP contribution in [-0.2, 0) is 6.54 Å². The molecule has 0 bridgehead atoms. The van der Waals surface area contributed by atoms with Crippen molar-refractivity contribution in [3.8, 4) is 0 Å². The monoisotopic (exact) mass is 423 g/mol. The van der Waals surface area contributed by atoms with Crippen LogP contribution in [0.2, 0.25) is 0 Å². The summed E-state index contributed by atoms with van der Waals surface area (Å²) < 4.78 is 0. The first-order valence-electron chi connectivity index (χ1n) is 11.1. The van der Waals surface area contributed by atoms with Crippen LogP contribution in [0.25, 0.3) is 10.9 Å². The number of hydrogen-bond acceptors (Lipinski definition) is 4. The minimum atomic E-state index is -0.355. The van der Waals surface area contributed by atoms with Crippen LogP contribution in [0.4, 0.5) is 5.69 Å². The topological polar surface area (TPSA) is 68.0 Å². The minimum absolute atomic E-state index is 0.355. The molecule has 1 amide bonds. The van der Waals surface area contributed by atoms with Gasteiger partial charge in [0.2, 0.25) is 0 Å². The first kappa shape index (κ1) is 22.3. The van der Waals surface area contributed by atoms with Crippen LogP contribution in [-0.4, -0.2) is 10.9 Å². The van der Waals surface area contributed by atoms with Crippen molar-refractivity contribution >= 4 is 33.8 Å². The molecule has 0 aliphatic rings. The zero-order chi connectivity index (χ0) is 21.3. The molecule has 3 rings (SSSR count). The van der Waals surface area contributed by atoms with Crippen molar-refractivity contribution in [1.29, 1.82) is 0 Å². The summed E-state index contributed by atoms with van der Waals surface area (Å²) in [6.07, 6.45) is 10.5. The lowest BCUT2D eigenvalue weighted by molar-refractivity contribution is 0.100. The van der Waals surface area contributed by atoms with E-state index in [-0.39, 0.29) is 5.91 Å². The lowest BCUT2D eigenvalue weighted by Crippen LogP contribution is -2.13. The number of hydrogen-bond donors (Lipinski definition) is 2. The quantitative estimate of drug-likeness (QED) is 0.313. The number of benzene rings is 1. The molecule has 1 aromatic carbocycles. The van der Waals surface area contributed by atoms with Gasteiger partial charge in [0.25, 0.3) is 5.91 Å². The first-order valence-corrected chi connectivity index (χ1v) is 12.0. The van der Waals surface area contributed by atoms with Crippen molar-refractivity contribution in [2.75, 3.05) is 5.32 Å². The Morgan fingerprint density at radius 3 is 2.70 bits per heavy atom. The lowest BCUT2D eigenvalue weighted by atomic mass is 9.91. The number of amides is 1. The maximum atomic E-state index is 12.1. The zero-order valence-corrected chi connectivity index (χ0v) is 18.9. The van der Waals surface area contributed by atoms with E-state index in [1.807, 2.05) is 30.5 Å². The predicted molar refractivity (Wildman–Crippen MR) is 128 cm³/mol. The van der Waals surface area contributed by atoms with Crippen LogP contribution in [0, 0.1) is 0 Å². The van der Waals surface area contributed by atoms with Gasteiger partial charge >= 0.3 is 0 Å². The molecule has 0 aliphatic heterocycles. The number of carbonyl (C=O) groups is 1. The molecule has 0 saturated carbocycles. The number of anilines is 1. The van der Waals surface area contributed by atoms with Crippen LogP contribution in [0.3, 0.4) is 0 Å². The van der Waals surface area contributed by atoms with Gasteiger partial charge in [0.15, 0.2) is 0 Å². The molecule has 1 unspecified atom stereocenters. The fourth-order valence-corrected chi connectivity index (χ4v) is 5.08. The fourth-order valence-electron chi connectivity index (χ4n) is 4.10. The summed E-state index contributed by atoms with van der Waals surface area (Å²) in [5, 5.41) is 6.82. The number of fused-ring (bicyclic) bond motifs is 1. The van der Waals surface area contributed by atoms with E-state index >= 15 is 0 Å². The van der Waals surface area contributed by atoms with E-state index < -0.39 is 0 Å². The summed E-state index contributed by atoms with van der Waals surface area (Å²) in [5.74, 6) is 0.0961. The van der Waals surface area contributed by atoms with Gasteiger partial charge in [-0.05, 0) is 47.4 Å². The maximum Gasteiger partial charge on any atom is 0.260 e. The number of nitrogens with one attached hydrogen (secondary N) is 1. The number of aromatic nitrogens is 1. The van der Waals surface area contributed by atoms with Crippen LogP contribution in [0.15, 0.2) is 41.9 Å². The van der Waals surface area contributed by atoms with Gasteiger partial charge in [-0.2, -0.15) is 0 Å². The standard InChI is InChI=1S/C25H33N3OS/c1-3-5-6-7-8-11-18(4-2)21-17-30-24(25(26)29)23(21)28-16-19-14-15-27-22-13-10-9-12-20(19)22/h9-10,12-15,17-18,28H,3-8,11,16H2,1-2H3,(H2,26,29). The largest absolute Gasteiger partial charge is 0.379 e. The van der Waals surface area contributed by atoms with Gasteiger partial charge in [-0.15, -0.1) is 11.3 Å². The number of unbranched alkanes of at least 4 members (excludes halogenated alkanes) is 4. The molecule has 0 fully saturated rings. The molecule has 4 nitrogen and oxygen atoms in total. The molecule has 2 aromatic heterocycles. The fraction of sp³-hybridized carbons (Fsp3) is 0.440. The van der Waals surface area contributed by atoms with Gasteiger partial charge in [0.1, 0.15) is 4.88 Å². The predicted octanol–water partition coefficient (Wildman–Crippen LogP) is 6.86. The molecule has 160 valence electrons. The molecule has 0 spiro atoms. The van der Waals surface area contributed by atoms with Crippen molar-refractivity contribution in [2.24, 2.45) is 5.73 Å². The Labute approximate surface area is 183 Å². The Bertz CT molecular complexity index is 961. The summed E-state index contributed by atoms with van der Waals surface area (Å²) in [6, 6.07) is 10.2. The van der Waals surface area contributed by atoms with E-state index in [2.05, 4.69) is 35.6 Å². The number of rotatable bonds is 12. The molecule has 0 radical (unpaired) electrons. The van der Waals surface area contributed by atoms with E-state index in [9.17, 15) is 4.79 Å². The molecule has 3 aromatic rings. The van der Waals surface area contributed by atoms with E-state index in [0.717, 1.165) is 29.4 Å². The van der Waals surface area contributed by atoms with Crippen molar-refractivity contribution in [2.45, 2.75) is 71.3 Å². The van der Waals surface area contributed by atoms with Gasteiger partial charge in [-0.3, -0.25) is 9.78 Å². The van der Waals surface area contributed by atoms with E-state index in [0.29, 0.717) is 17.3 Å². The highest BCUT2D eigenvalue weighted by atomic mass is 32.1. The number of para-hydroxylation sites is 1. The maximum absolute atomic E-state index is 12.1. The Morgan fingerprint density at radius 1 is 1.13 bits per heavy atom. The molecule has 3 N–H and O–H groups in total. The second kappa shape index (κ2) is 11.1. The minimum Gasteiger partial charge on any atom is -0.379 e. The number of nitrogens with zero attached hydrogens (tertiary/aromatic N) is 1. The highest BCUT2D eigenvalue weighted by Crippen LogP contribution is 2.38.